The molecule has 2 rings (SSSR count). The molecule has 68 valence electrons. The Labute approximate surface area is 78.6 Å². The molecule has 0 aliphatic rings. The maximum absolute atomic E-state index is 3.96. The summed E-state index contributed by atoms with van der Waals surface area (Å²) < 4.78 is 0. The minimum absolute atomic E-state index is 0.989. The molecule has 0 radical (unpaired) electrons. The number of rotatable bonds is 0. The van der Waals surface area contributed by atoms with Crippen LogP contribution < -0.4 is 0 Å². The lowest BCUT2D eigenvalue weighted by Gasteiger charge is -1.96. The van der Waals surface area contributed by atoms with Crippen LogP contribution in [0.5, 0.6) is 0 Å². The van der Waals surface area contributed by atoms with Gasteiger partial charge in [0.2, 0.25) is 0 Å². The van der Waals surface area contributed by atoms with Crippen LogP contribution in [0, 0.1) is 6.92 Å². The number of hydrogen-bond donors (Lipinski definition) is 0. The topological polar surface area (TPSA) is 25.8 Å². The second kappa shape index (κ2) is 4.55. The molecule has 0 saturated heterocycles. The Balaban J connectivity index is 0.000000396. The van der Waals surface area contributed by atoms with Crippen LogP contribution in [0.25, 0.3) is 10.8 Å². The molecule has 0 atom stereocenters. The zero-order chi connectivity index (χ0) is 9.68. The molecular formula is C11H14N2. The summed E-state index contributed by atoms with van der Waals surface area (Å²) in [6, 6.07) is 8.11. The highest BCUT2D eigenvalue weighted by Gasteiger charge is 1.94. The van der Waals surface area contributed by atoms with Gasteiger partial charge in [0.1, 0.15) is 0 Å². The first-order valence-corrected chi connectivity index (χ1v) is 4.55. The lowest BCUT2D eigenvalue weighted by Crippen LogP contribution is -1.86. The second-order valence-electron chi connectivity index (χ2n) is 2.52. The SMILES string of the molecule is CC.Cc1nncc2ccccc12. The Morgan fingerprint density at radius 2 is 1.77 bits per heavy atom. The average Bonchev–Trinajstić information content (AvgIpc) is 2.22. The van der Waals surface area contributed by atoms with Crippen LogP contribution in [0.1, 0.15) is 19.5 Å². The van der Waals surface area contributed by atoms with Gasteiger partial charge in [-0.3, -0.25) is 0 Å². The summed E-state index contributed by atoms with van der Waals surface area (Å²) in [5, 5.41) is 10.2. The summed E-state index contributed by atoms with van der Waals surface area (Å²) in [5.41, 5.74) is 0.989. The van der Waals surface area contributed by atoms with E-state index in [1.165, 1.54) is 5.39 Å². The number of hydrogen-bond acceptors (Lipinski definition) is 2. The van der Waals surface area contributed by atoms with E-state index in [4.69, 9.17) is 0 Å². The van der Waals surface area contributed by atoms with Crippen molar-refractivity contribution in [1.82, 2.24) is 10.2 Å². The van der Waals surface area contributed by atoms with E-state index in [1.54, 1.807) is 6.20 Å². The van der Waals surface area contributed by atoms with Gasteiger partial charge >= 0.3 is 0 Å². The van der Waals surface area contributed by atoms with Gasteiger partial charge in [0, 0.05) is 10.8 Å². The smallest absolute Gasteiger partial charge is 0.0678 e. The molecule has 1 aromatic carbocycles. The fraction of sp³-hybridized carbons (Fsp3) is 0.273. The van der Waals surface area contributed by atoms with Gasteiger partial charge in [-0.15, -0.1) is 0 Å². The minimum Gasteiger partial charge on any atom is -0.158 e. The van der Waals surface area contributed by atoms with Crippen LogP contribution in [0.15, 0.2) is 30.5 Å². The van der Waals surface area contributed by atoms with Crippen molar-refractivity contribution >= 4 is 10.8 Å². The summed E-state index contributed by atoms with van der Waals surface area (Å²) in [7, 11) is 0. The lowest BCUT2D eigenvalue weighted by atomic mass is 10.1. The standard InChI is InChI=1S/C9H8N2.C2H6/c1-7-9-5-3-2-4-8(9)6-10-11-7;1-2/h2-6H,1H3;1-2H3. The Morgan fingerprint density at radius 1 is 1.08 bits per heavy atom. The summed E-state index contributed by atoms with van der Waals surface area (Å²) >= 11 is 0. The predicted octanol–water partition coefficient (Wildman–Crippen LogP) is 2.96. The van der Waals surface area contributed by atoms with Crippen LogP contribution in [-0.4, -0.2) is 10.2 Å². The van der Waals surface area contributed by atoms with Crippen LogP contribution in [0.3, 0.4) is 0 Å². The van der Waals surface area contributed by atoms with E-state index >= 15 is 0 Å². The minimum atomic E-state index is 0.989. The molecule has 1 heterocycles. The van der Waals surface area contributed by atoms with Gasteiger partial charge in [0.25, 0.3) is 0 Å². The third-order valence-electron chi connectivity index (χ3n) is 1.76. The van der Waals surface area contributed by atoms with Gasteiger partial charge in [-0.2, -0.15) is 10.2 Å². The Bertz CT molecular complexity index is 377. The number of aromatic nitrogens is 2. The molecule has 0 bridgehead atoms. The van der Waals surface area contributed by atoms with Crippen molar-refractivity contribution in [2.24, 2.45) is 0 Å². The van der Waals surface area contributed by atoms with E-state index in [0.29, 0.717) is 0 Å². The van der Waals surface area contributed by atoms with Crippen LogP contribution >= 0.6 is 0 Å². The zero-order valence-corrected chi connectivity index (χ0v) is 8.28. The molecule has 0 aliphatic heterocycles. The molecule has 2 nitrogen and oxygen atoms in total. The van der Waals surface area contributed by atoms with Crippen LogP contribution in [0.2, 0.25) is 0 Å². The number of fused-ring (bicyclic) bond motifs is 1. The van der Waals surface area contributed by atoms with E-state index in [0.717, 1.165) is 11.1 Å². The summed E-state index contributed by atoms with van der Waals surface area (Å²) in [5.74, 6) is 0. The van der Waals surface area contributed by atoms with Gasteiger partial charge in [-0.05, 0) is 6.92 Å². The number of benzene rings is 1. The van der Waals surface area contributed by atoms with Crippen molar-refractivity contribution in [3.05, 3.63) is 36.2 Å². The van der Waals surface area contributed by atoms with Gasteiger partial charge in [0.15, 0.2) is 0 Å². The molecular weight excluding hydrogens is 160 g/mol. The quantitative estimate of drug-likeness (QED) is 0.613. The van der Waals surface area contributed by atoms with E-state index in [-0.39, 0.29) is 0 Å². The van der Waals surface area contributed by atoms with Crippen molar-refractivity contribution in [2.75, 3.05) is 0 Å². The molecule has 0 fully saturated rings. The molecule has 2 aromatic rings. The first kappa shape index (κ1) is 9.65. The molecule has 0 amide bonds. The fourth-order valence-electron chi connectivity index (χ4n) is 1.17. The molecule has 0 unspecified atom stereocenters. The molecule has 0 saturated carbocycles. The van der Waals surface area contributed by atoms with Crippen LogP contribution in [0.4, 0.5) is 0 Å². The molecule has 0 N–H and O–H groups in total. The van der Waals surface area contributed by atoms with E-state index in [9.17, 15) is 0 Å². The molecule has 0 spiro atoms. The maximum atomic E-state index is 3.96. The second-order valence-corrected chi connectivity index (χ2v) is 2.52. The Morgan fingerprint density at radius 3 is 2.46 bits per heavy atom. The summed E-state index contributed by atoms with van der Waals surface area (Å²) in [6.07, 6.45) is 1.78. The van der Waals surface area contributed by atoms with Crippen molar-refractivity contribution in [3.63, 3.8) is 0 Å². The Hall–Kier alpha value is -1.44. The predicted molar refractivity (Wildman–Crippen MR) is 55.6 cm³/mol. The first-order valence-electron chi connectivity index (χ1n) is 4.55. The average molecular weight is 174 g/mol. The monoisotopic (exact) mass is 174 g/mol. The van der Waals surface area contributed by atoms with E-state index < -0.39 is 0 Å². The Kier molecular flexibility index (Phi) is 3.38. The summed E-state index contributed by atoms with van der Waals surface area (Å²) in [4.78, 5) is 0. The van der Waals surface area contributed by atoms with Gasteiger partial charge in [-0.1, -0.05) is 38.1 Å². The summed E-state index contributed by atoms with van der Waals surface area (Å²) in [6.45, 7) is 5.97. The molecule has 0 aliphatic carbocycles. The highest BCUT2D eigenvalue weighted by Crippen LogP contribution is 2.13. The van der Waals surface area contributed by atoms with Crippen molar-refractivity contribution in [3.8, 4) is 0 Å². The van der Waals surface area contributed by atoms with Gasteiger partial charge in [-0.25, -0.2) is 0 Å². The molecule has 2 heteroatoms. The number of aryl methyl sites for hydroxylation is 1. The molecule has 13 heavy (non-hydrogen) atoms. The van der Waals surface area contributed by atoms with Crippen molar-refractivity contribution < 1.29 is 0 Å². The highest BCUT2D eigenvalue weighted by atomic mass is 15.1. The number of nitrogens with zero attached hydrogens (tertiary/aromatic N) is 2. The third-order valence-corrected chi connectivity index (χ3v) is 1.76. The largest absolute Gasteiger partial charge is 0.158 e. The van der Waals surface area contributed by atoms with Crippen LogP contribution in [-0.2, 0) is 0 Å². The fourth-order valence-corrected chi connectivity index (χ4v) is 1.17. The van der Waals surface area contributed by atoms with Crippen molar-refractivity contribution in [1.29, 1.82) is 0 Å². The highest BCUT2D eigenvalue weighted by molar-refractivity contribution is 5.83. The normalized spacial score (nSPS) is 9.15. The third kappa shape index (κ3) is 2.02. The van der Waals surface area contributed by atoms with Gasteiger partial charge in [0.05, 0.1) is 11.9 Å². The maximum Gasteiger partial charge on any atom is 0.0678 e. The first-order chi connectivity index (χ1) is 6.38. The lowest BCUT2D eigenvalue weighted by molar-refractivity contribution is 1.00. The van der Waals surface area contributed by atoms with E-state index in [1.807, 2.05) is 39.0 Å². The zero-order valence-electron chi connectivity index (χ0n) is 8.28. The van der Waals surface area contributed by atoms with Gasteiger partial charge < -0.3 is 0 Å². The molecule has 1 aromatic heterocycles. The van der Waals surface area contributed by atoms with E-state index in [2.05, 4.69) is 16.3 Å². The van der Waals surface area contributed by atoms with Crippen molar-refractivity contribution in [2.45, 2.75) is 20.8 Å².